The van der Waals surface area contributed by atoms with Gasteiger partial charge in [-0.2, -0.15) is 0 Å². The zero-order valence-corrected chi connectivity index (χ0v) is 16.1. The molecule has 2 N–H and O–H groups in total. The van der Waals surface area contributed by atoms with Crippen molar-refractivity contribution in [3.63, 3.8) is 0 Å². The standard InChI is InChI=1S/C22H27NO4/c1-4-19(16-11-13-18(27-3)14-12-16)20(24)23-15-22(5-2,21(25)26)17-9-7-6-8-10-17/h6-14,19H,4-5,15H2,1-3H3,(H,23,24)(H,25,26). The van der Waals surface area contributed by atoms with Crippen molar-refractivity contribution in [2.75, 3.05) is 13.7 Å². The van der Waals surface area contributed by atoms with Crippen molar-refractivity contribution in [2.24, 2.45) is 0 Å². The Labute approximate surface area is 160 Å². The van der Waals surface area contributed by atoms with Crippen molar-refractivity contribution in [2.45, 2.75) is 38.0 Å². The van der Waals surface area contributed by atoms with Crippen LogP contribution in [0.15, 0.2) is 54.6 Å². The van der Waals surface area contributed by atoms with Crippen molar-refractivity contribution in [1.29, 1.82) is 0 Å². The topological polar surface area (TPSA) is 75.6 Å². The summed E-state index contributed by atoms with van der Waals surface area (Å²) < 4.78 is 5.16. The lowest BCUT2D eigenvalue weighted by atomic mass is 9.78. The van der Waals surface area contributed by atoms with Gasteiger partial charge in [0.15, 0.2) is 0 Å². The molecule has 0 bridgehead atoms. The number of carbonyl (C=O) groups excluding carboxylic acids is 1. The van der Waals surface area contributed by atoms with Gasteiger partial charge in [-0.25, -0.2) is 0 Å². The predicted molar refractivity (Wildman–Crippen MR) is 105 cm³/mol. The van der Waals surface area contributed by atoms with E-state index in [1.54, 1.807) is 19.2 Å². The number of amides is 1. The van der Waals surface area contributed by atoms with E-state index in [1.165, 1.54) is 0 Å². The molecule has 0 aliphatic heterocycles. The van der Waals surface area contributed by atoms with Crippen LogP contribution in [0.4, 0.5) is 0 Å². The van der Waals surface area contributed by atoms with E-state index in [2.05, 4.69) is 5.32 Å². The Bertz CT molecular complexity index is 758. The average Bonchev–Trinajstić information content (AvgIpc) is 2.70. The van der Waals surface area contributed by atoms with E-state index in [-0.39, 0.29) is 18.4 Å². The minimum absolute atomic E-state index is 0.0499. The van der Waals surface area contributed by atoms with Gasteiger partial charge in [-0.15, -0.1) is 0 Å². The van der Waals surface area contributed by atoms with Crippen molar-refractivity contribution >= 4 is 11.9 Å². The van der Waals surface area contributed by atoms with Crippen LogP contribution in [-0.2, 0) is 15.0 Å². The lowest BCUT2D eigenvalue weighted by Gasteiger charge is -2.30. The number of carbonyl (C=O) groups is 2. The Morgan fingerprint density at radius 1 is 1.07 bits per heavy atom. The highest BCUT2D eigenvalue weighted by Crippen LogP contribution is 2.29. The van der Waals surface area contributed by atoms with Crippen molar-refractivity contribution in [1.82, 2.24) is 5.32 Å². The van der Waals surface area contributed by atoms with Gasteiger partial charge in [-0.05, 0) is 36.1 Å². The molecule has 144 valence electrons. The van der Waals surface area contributed by atoms with Crippen LogP contribution in [0.3, 0.4) is 0 Å². The molecule has 0 heterocycles. The summed E-state index contributed by atoms with van der Waals surface area (Å²) in [6.07, 6.45) is 1.00. The molecule has 27 heavy (non-hydrogen) atoms. The number of carboxylic acids is 1. The molecule has 0 aliphatic carbocycles. The molecule has 2 atom stereocenters. The third kappa shape index (κ3) is 4.48. The highest BCUT2D eigenvalue weighted by molar-refractivity contribution is 5.86. The molecular weight excluding hydrogens is 342 g/mol. The number of rotatable bonds is 9. The Kier molecular flexibility index (Phi) is 6.99. The van der Waals surface area contributed by atoms with Crippen molar-refractivity contribution in [3.05, 3.63) is 65.7 Å². The summed E-state index contributed by atoms with van der Waals surface area (Å²) >= 11 is 0. The van der Waals surface area contributed by atoms with E-state index >= 15 is 0 Å². The number of aliphatic carboxylic acids is 1. The maximum absolute atomic E-state index is 12.8. The smallest absolute Gasteiger partial charge is 0.315 e. The Hall–Kier alpha value is -2.82. The first kappa shape index (κ1) is 20.5. The fourth-order valence-corrected chi connectivity index (χ4v) is 3.31. The normalized spacial score (nSPS) is 14.0. The summed E-state index contributed by atoms with van der Waals surface area (Å²) in [6.45, 7) is 3.82. The highest BCUT2D eigenvalue weighted by atomic mass is 16.5. The quantitative estimate of drug-likeness (QED) is 0.706. The lowest BCUT2D eigenvalue weighted by Crippen LogP contribution is -2.47. The minimum Gasteiger partial charge on any atom is -0.497 e. The molecule has 0 saturated heterocycles. The summed E-state index contributed by atoms with van der Waals surface area (Å²) in [7, 11) is 1.60. The van der Waals surface area contributed by atoms with Gasteiger partial charge in [-0.1, -0.05) is 56.3 Å². The third-order valence-electron chi connectivity index (χ3n) is 5.15. The van der Waals surface area contributed by atoms with E-state index < -0.39 is 11.4 Å². The Morgan fingerprint density at radius 3 is 2.19 bits per heavy atom. The van der Waals surface area contributed by atoms with Gasteiger partial charge in [0.2, 0.25) is 5.91 Å². The minimum atomic E-state index is -1.14. The van der Waals surface area contributed by atoms with Gasteiger partial charge in [0.05, 0.1) is 13.0 Å². The molecule has 0 fully saturated rings. The average molecular weight is 369 g/mol. The van der Waals surface area contributed by atoms with E-state index in [1.807, 2.05) is 56.3 Å². The number of ether oxygens (including phenoxy) is 1. The first-order valence-electron chi connectivity index (χ1n) is 9.19. The fourth-order valence-electron chi connectivity index (χ4n) is 3.31. The molecule has 5 nitrogen and oxygen atoms in total. The van der Waals surface area contributed by atoms with E-state index in [9.17, 15) is 14.7 Å². The Morgan fingerprint density at radius 2 is 1.70 bits per heavy atom. The summed E-state index contributed by atoms with van der Waals surface area (Å²) in [6, 6.07) is 16.5. The largest absolute Gasteiger partial charge is 0.497 e. The zero-order chi connectivity index (χ0) is 19.9. The van der Waals surface area contributed by atoms with E-state index in [0.717, 1.165) is 11.3 Å². The number of benzene rings is 2. The molecule has 0 spiro atoms. The van der Waals surface area contributed by atoms with Crippen LogP contribution in [0.5, 0.6) is 5.75 Å². The summed E-state index contributed by atoms with van der Waals surface area (Å²) in [5.41, 5.74) is 0.431. The molecule has 0 aromatic heterocycles. The monoisotopic (exact) mass is 369 g/mol. The number of nitrogens with one attached hydrogen (secondary N) is 1. The van der Waals surface area contributed by atoms with Gasteiger partial charge in [-0.3, -0.25) is 9.59 Å². The van der Waals surface area contributed by atoms with Crippen molar-refractivity contribution in [3.8, 4) is 5.75 Å². The molecule has 2 aromatic carbocycles. The van der Waals surface area contributed by atoms with Gasteiger partial charge in [0.1, 0.15) is 11.2 Å². The molecule has 0 saturated carbocycles. The second-order valence-electron chi connectivity index (χ2n) is 6.56. The predicted octanol–water partition coefficient (Wildman–Crippen LogP) is 3.74. The summed E-state index contributed by atoms with van der Waals surface area (Å²) in [5, 5.41) is 12.8. The maximum Gasteiger partial charge on any atom is 0.315 e. The van der Waals surface area contributed by atoms with Crippen LogP contribution in [0, 0.1) is 0 Å². The van der Waals surface area contributed by atoms with Crippen LogP contribution in [0.1, 0.15) is 43.7 Å². The lowest BCUT2D eigenvalue weighted by molar-refractivity contribution is -0.144. The Balaban J connectivity index is 2.19. The molecule has 1 amide bonds. The van der Waals surface area contributed by atoms with Crippen LogP contribution in [0.2, 0.25) is 0 Å². The first-order valence-corrected chi connectivity index (χ1v) is 9.19. The number of methoxy groups -OCH3 is 1. The van der Waals surface area contributed by atoms with E-state index in [4.69, 9.17) is 4.74 Å². The molecule has 5 heteroatoms. The van der Waals surface area contributed by atoms with E-state index in [0.29, 0.717) is 18.4 Å². The second kappa shape index (κ2) is 9.21. The van der Waals surface area contributed by atoms with Gasteiger partial charge < -0.3 is 15.2 Å². The highest BCUT2D eigenvalue weighted by Gasteiger charge is 2.39. The SMILES string of the molecule is CCC(C(=O)NCC(CC)(C(=O)O)c1ccccc1)c1ccc(OC)cc1. The molecule has 0 radical (unpaired) electrons. The number of hydrogen-bond acceptors (Lipinski definition) is 3. The molecule has 2 rings (SSSR count). The van der Waals surface area contributed by atoms with Gasteiger partial charge in [0.25, 0.3) is 0 Å². The van der Waals surface area contributed by atoms with Crippen LogP contribution in [-0.4, -0.2) is 30.6 Å². The third-order valence-corrected chi connectivity index (χ3v) is 5.15. The molecule has 0 aliphatic rings. The summed E-state index contributed by atoms with van der Waals surface area (Å²) in [4.78, 5) is 24.9. The number of carboxylic acid groups (broad SMARTS) is 1. The molecule has 2 unspecified atom stereocenters. The first-order chi connectivity index (χ1) is 13.0. The molecule has 2 aromatic rings. The zero-order valence-electron chi connectivity index (χ0n) is 16.1. The summed E-state index contributed by atoms with van der Waals surface area (Å²) in [5.74, 6) is -0.712. The van der Waals surface area contributed by atoms with Crippen LogP contribution in [0.25, 0.3) is 0 Å². The van der Waals surface area contributed by atoms with Crippen molar-refractivity contribution < 1.29 is 19.4 Å². The van der Waals surface area contributed by atoms with Crippen LogP contribution >= 0.6 is 0 Å². The van der Waals surface area contributed by atoms with Crippen LogP contribution < -0.4 is 10.1 Å². The maximum atomic E-state index is 12.8. The second-order valence-corrected chi connectivity index (χ2v) is 6.56. The number of hydrogen-bond donors (Lipinski definition) is 2. The molecular formula is C22H27NO4. The fraction of sp³-hybridized carbons (Fsp3) is 0.364. The van der Waals surface area contributed by atoms with Gasteiger partial charge in [0, 0.05) is 6.54 Å². The van der Waals surface area contributed by atoms with Gasteiger partial charge >= 0.3 is 5.97 Å².